The van der Waals surface area contributed by atoms with Crippen molar-refractivity contribution in [3.8, 4) is 0 Å². The molecule has 0 amide bonds. The average molecular weight is 207 g/mol. The van der Waals surface area contributed by atoms with E-state index in [0.29, 0.717) is 0 Å². The summed E-state index contributed by atoms with van der Waals surface area (Å²) in [6.45, 7) is 9.42. The van der Waals surface area contributed by atoms with Crippen LogP contribution >= 0.6 is 0 Å². The highest BCUT2D eigenvalue weighted by Gasteiger charge is 2.08. The summed E-state index contributed by atoms with van der Waals surface area (Å²) in [4.78, 5) is 8.64. The molecule has 3 heteroatoms. The minimum atomic E-state index is 0.141. The molecule has 1 aromatic heterocycles. The minimum Gasteiger partial charge on any atom is -0.308 e. The Hall–Kier alpha value is -0.960. The van der Waals surface area contributed by atoms with Crippen molar-refractivity contribution < 1.29 is 0 Å². The van der Waals surface area contributed by atoms with Gasteiger partial charge < -0.3 is 5.32 Å². The molecule has 1 heterocycles. The monoisotopic (exact) mass is 207 g/mol. The van der Waals surface area contributed by atoms with E-state index in [1.807, 2.05) is 12.4 Å². The Balaban J connectivity index is 2.50. The molecule has 0 saturated heterocycles. The van der Waals surface area contributed by atoms with Crippen LogP contribution in [-0.4, -0.2) is 15.5 Å². The van der Waals surface area contributed by atoms with Crippen LogP contribution in [0.3, 0.4) is 0 Å². The SMILES string of the molecule is CCCc1ncc(CNC(C)(C)C)cn1. The summed E-state index contributed by atoms with van der Waals surface area (Å²) < 4.78 is 0. The van der Waals surface area contributed by atoms with Crippen LogP contribution in [0.5, 0.6) is 0 Å². The van der Waals surface area contributed by atoms with Gasteiger partial charge in [-0.2, -0.15) is 0 Å². The van der Waals surface area contributed by atoms with Crippen LogP contribution < -0.4 is 5.32 Å². The van der Waals surface area contributed by atoms with E-state index < -0.39 is 0 Å². The van der Waals surface area contributed by atoms with Crippen LogP contribution in [0.4, 0.5) is 0 Å². The number of aromatic nitrogens is 2. The van der Waals surface area contributed by atoms with Gasteiger partial charge in [-0.05, 0) is 27.2 Å². The largest absolute Gasteiger partial charge is 0.308 e. The lowest BCUT2D eigenvalue weighted by atomic mass is 10.1. The molecular weight excluding hydrogens is 186 g/mol. The molecule has 0 atom stereocenters. The van der Waals surface area contributed by atoms with Gasteiger partial charge >= 0.3 is 0 Å². The van der Waals surface area contributed by atoms with E-state index in [1.54, 1.807) is 0 Å². The molecule has 0 unspecified atom stereocenters. The van der Waals surface area contributed by atoms with Crippen LogP contribution in [-0.2, 0) is 13.0 Å². The van der Waals surface area contributed by atoms with E-state index >= 15 is 0 Å². The first-order chi connectivity index (χ1) is 7.01. The molecule has 0 aliphatic rings. The smallest absolute Gasteiger partial charge is 0.128 e. The second kappa shape index (κ2) is 5.21. The van der Waals surface area contributed by atoms with Gasteiger partial charge in [0, 0.05) is 36.5 Å². The van der Waals surface area contributed by atoms with Crippen molar-refractivity contribution in [3.63, 3.8) is 0 Å². The molecule has 0 fully saturated rings. The number of rotatable bonds is 4. The molecule has 3 nitrogen and oxygen atoms in total. The topological polar surface area (TPSA) is 37.8 Å². The predicted molar refractivity (Wildman–Crippen MR) is 62.6 cm³/mol. The number of nitrogens with zero attached hydrogens (tertiary/aromatic N) is 2. The number of nitrogens with one attached hydrogen (secondary N) is 1. The summed E-state index contributed by atoms with van der Waals surface area (Å²) in [7, 11) is 0. The summed E-state index contributed by atoms with van der Waals surface area (Å²) >= 11 is 0. The first-order valence-electron chi connectivity index (χ1n) is 5.56. The van der Waals surface area contributed by atoms with Gasteiger partial charge in [-0.3, -0.25) is 0 Å². The molecule has 1 N–H and O–H groups in total. The average Bonchev–Trinajstić information content (AvgIpc) is 2.16. The Morgan fingerprint density at radius 1 is 1.20 bits per heavy atom. The van der Waals surface area contributed by atoms with Crippen molar-refractivity contribution in [1.82, 2.24) is 15.3 Å². The Morgan fingerprint density at radius 2 is 1.80 bits per heavy atom. The molecule has 0 radical (unpaired) electrons. The van der Waals surface area contributed by atoms with Crippen LogP contribution in [0, 0.1) is 0 Å². The molecular formula is C12H21N3. The third kappa shape index (κ3) is 4.88. The molecule has 84 valence electrons. The van der Waals surface area contributed by atoms with E-state index in [0.717, 1.165) is 30.8 Å². The first-order valence-corrected chi connectivity index (χ1v) is 5.56. The molecule has 0 saturated carbocycles. The highest BCUT2D eigenvalue weighted by molar-refractivity contribution is 5.05. The van der Waals surface area contributed by atoms with Gasteiger partial charge in [0.25, 0.3) is 0 Å². The first kappa shape index (κ1) is 12.1. The second-order valence-corrected chi connectivity index (χ2v) is 4.86. The van der Waals surface area contributed by atoms with Crippen molar-refractivity contribution in [2.45, 2.75) is 52.6 Å². The highest BCUT2D eigenvalue weighted by atomic mass is 14.9. The van der Waals surface area contributed by atoms with Crippen molar-refractivity contribution in [2.24, 2.45) is 0 Å². The maximum atomic E-state index is 4.32. The predicted octanol–water partition coefficient (Wildman–Crippen LogP) is 2.32. The molecule has 0 aliphatic heterocycles. The molecule has 0 aromatic carbocycles. The van der Waals surface area contributed by atoms with E-state index in [1.165, 1.54) is 0 Å². The second-order valence-electron chi connectivity index (χ2n) is 4.86. The Morgan fingerprint density at radius 3 is 2.27 bits per heavy atom. The molecule has 15 heavy (non-hydrogen) atoms. The Bertz CT molecular complexity index is 285. The fraction of sp³-hybridized carbons (Fsp3) is 0.667. The van der Waals surface area contributed by atoms with Crippen molar-refractivity contribution >= 4 is 0 Å². The summed E-state index contributed by atoms with van der Waals surface area (Å²) in [5.74, 6) is 0.942. The fourth-order valence-corrected chi connectivity index (χ4v) is 1.19. The van der Waals surface area contributed by atoms with Gasteiger partial charge in [0.05, 0.1) is 0 Å². The quantitative estimate of drug-likeness (QED) is 0.823. The van der Waals surface area contributed by atoms with Gasteiger partial charge in [0.1, 0.15) is 5.82 Å². The maximum absolute atomic E-state index is 4.32. The molecule has 0 spiro atoms. The van der Waals surface area contributed by atoms with E-state index in [2.05, 4.69) is 43.0 Å². The van der Waals surface area contributed by atoms with Gasteiger partial charge in [-0.15, -0.1) is 0 Å². The fourth-order valence-electron chi connectivity index (χ4n) is 1.19. The zero-order chi connectivity index (χ0) is 11.3. The maximum Gasteiger partial charge on any atom is 0.128 e. The van der Waals surface area contributed by atoms with Crippen LogP contribution in [0.1, 0.15) is 45.5 Å². The number of hydrogen-bond donors (Lipinski definition) is 1. The van der Waals surface area contributed by atoms with Crippen LogP contribution in [0.15, 0.2) is 12.4 Å². The lowest BCUT2D eigenvalue weighted by molar-refractivity contribution is 0.423. The summed E-state index contributed by atoms with van der Waals surface area (Å²) in [5.41, 5.74) is 1.28. The van der Waals surface area contributed by atoms with E-state index in [4.69, 9.17) is 0 Å². The number of hydrogen-bond acceptors (Lipinski definition) is 3. The van der Waals surface area contributed by atoms with E-state index in [-0.39, 0.29) is 5.54 Å². The van der Waals surface area contributed by atoms with Crippen LogP contribution in [0.2, 0.25) is 0 Å². The zero-order valence-electron chi connectivity index (χ0n) is 10.2. The third-order valence-electron chi connectivity index (χ3n) is 2.06. The van der Waals surface area contributed by atoms with E-state index in [9.17, 15) is 0 Å². The minimum absolute atomic E-state index is 0.141. The molecule has 0 bridgehead atoms. The van der Waals surface area contributed by atoms with Gasteiger partial charge in [0.2, 0.25) is 0 Å². The van der Waals surface area contributed by atoms with Crippen molar-refractivity contribution in [2.75, 3.05) is 0 Å². The number of aryl methyl sites for hydroxylation is 1. The highest BCUT2D eigenvalue weighted by Crippen LogP contribution is 2.03. The lowest BCUT2D eigenvalue weighted by Crippen LogP contribution is -2.35. The van der Waals surface area contributed by atoms with Crippen molar-refractivity contribution in [3.05, 3.63) is 23.8 Å². The molecule has 0 aliphatic carbocycles. The zero-order valence-corrected chi connectivity index (χ0v) is 10.2. The summed E-state index contributed by atoms with van der Waals surface area (Å²) in [5, 5.41) is 3.41. The van der Waals surface area contributed by atoms with Crippen molar-refractivity contribution in [1.29, 1.82) is 0 Å². The van der Waals surface area contributed by atoms with Gasteiger partial charge in [0.15, 0.2) is 0 Å². The van der Waals surface area contributed by atoms with Gasteiger partial charge in [-0.25, -0.2) is 9.97 Å². The summed E-state index contributed by atoms with van der Waals surface area (Å²) in [6, 6.07) is 0. The Kier molecular flexibility index (Phi) is 4.21. The molecule has 1 rings (SSSR count). The lowest BCUT2D eigenvalue weighted by Gasteiger charge is -2.20. The Labute approximate surface area is 92.3 Å². The standard InChI is InChI=1S/C12H21N3/c1-5-6-11-13-7-10(8-14-11)9-15-12(2,3)4/h7-8,15H,5-6,9H2,1-4H3. The van der Waals surface area contributed by atoms with Gasteiger partial charge in [-0.1, -0.05) is 6.92 Å². The van der Waals surface area contributed by atoms with Crippen LogP contribution in [0.25, 0.3) is 0 Å². The molecule has 1 aromatic rings. The summed E-state index contributed by atoms with van der Waals surface area (Å²) in [6.07, 6.45) is 5.89. The third-order valence-corrected chi connectivity index (χ3v) is 2.06. The normalized spacial score (nSPS) is 11.7.